The third-order valence-electron chi connectivity index (χ3n) is 5.45. The van der Waals surface area contributed by atoms with Crippen molar-refractivity contribution in [2.75, 3.05) is 24.4 Å². The van der Waals surface area contributed by atoms with Crippen LogP contribution in [0.2, 0.25) is 0 Å². The second-order valence-electron chi connectivity index (χ2n) is 7.34. The highest BCUT2D eigenvalue weighted by atomic mass is 32.2. The second-order valence-corrected chi connectivity index (χ2v) is 8.96. The monoisotopic (exact) mass is 433 g/mol. The molecule has 1 N–H and O–H groups in total. The molecular weight excluding hydrogens is 406 g/mol. The lowest BCUT2D eigenvalue weighted by Crippen LogP contribution is -2.30. The third-order valence-corrected chi connectivity index (χ3v) is 6.99. The number of anilines is 1. The van der Waals surface area contributed by atoms with E-state index < -0.39 is 16.0 Å². The highest BCUT2D eigenvalue weighted by Gasteiger charge is 2.33. The summed E-state index contributed by atoms with van der Waals surface area (Å²) >= 11 is 0. The van der Waals surface area contributed by atoms with Gasteiger partial charge in [-0.25, -0.2) is 13.2 Å². The zero-order chi connectivity index (χ0) is 22.1. The number of rotatable bonds is 6. The first-order valence-electron chi connectivity index (χ1n) is 9.92. The lowest BCUT2D eigenvalue weighted by molar-refractivity contribution is 0.0526. The van der Waals surface area contributed by atoms with Crippen molar-refractivity contribution in [3.63, 3.8) is 0 Å². The van der Waals surface area contributed by atoms with Crippen LogP contribution in [0.4, 0.5) is 5.69 Å². The van der Waals surface area contributed by atoms with E-state index in [0.29, 0.717) is 35.7 Å². The molecule has 2 aromatic rings. The van der Waals surface area contributed by atoms with Crippen LogP contribution in [0, 0.1) is 13.8 Å². The van der Waals surface area contributed by atoms with Crippen molar-refractivity contribution < 1.29 is 22.7 Å². The number of amides is 1. The maximum absolute atomic E-state index is 13.3. The Labute approximate surface area is 176 Å². The van der Waals surface area contributed by atoms with E-state index in [1.165, 1.54) is 24.3 Å². The number of sulfonamides is 1. The van der Waals surface area contributed by atoms with Gasteiger partial charge in [-0.1, -0.05) is 0 Å². The van der Waals surface area contributed by atoms with Crippen molar-refractivity contribution in [2.24, 2.45) is 7.05 Å². The highest BCUT2D eigenvalue weighted by molar-refractivity contribution is 7.92. The molecule has 1 aromatic heterocycles. The number of carbonyl (C=O) groups excluding carboxylic acids is 2. The lowest BCUT2D eigenvalue weighted by atomic mass is 10.2. The number of likely N-dealkylation sites (tertiary alicyclic amines) is 1. The summed E-state index contributed by atoms with van der Waals surface area (Å²) in [5, 5.41) is 0. The summed E-state index contributed by atoms with van der Waals surface area (Å²) in [7, 11) is -2.28. The van der Waals surface area contributed by atoms with Crippen molar-refractivity contribution >= 4 is 27.6 Å². The standard InChI is InChI=1S/C21H27N3O5S/c1-5-29-21(26)16-8-10-17(11-9-16)22-30(27,28)19-15(3)23(4)14(2)18(19)20(25)24-12-6-7-13-24/h8-11,22H,5-7,12-13H2,1-4H3. The van der Waals surface area contributed by atoms with E-state index in [1.807, 2.05) is 0 Å². The first-order valence-corrected chi connectivity index (χ1v) is 11.4. The van der Waals surface area contributed by atoms with Gasteiger partial charge in [0.25, 0.3) is 15.9 Å². The number of nitrogens with zero attached hydrogens (tertiary/aromatic N) is 2. The normalized spacial score (nSPS) is 14.1. The van der Waals surface area contributed by atoms with Gasteiger partial charge in [0, 0.05) is 37.2 Å². The maximum atomic E-state index is 13.3. The minimum atomic E-state index is -4.03. The summed E-state index contributed by atoms with van der Waals surface area (Å²) in [4.78, 5) is 26.6. The Morgan fingerprint density at radius 2 is 1.67 bits per heavy atom. The molecule has 1 aliphatic rings. The number of esters is 1. The van der Waals surface area contributed by atoms with E-state index >= 15 is 0 Å². The molecule has 3 rings (SSSR count). The molecule has 1 saturated heterocycles. The molecule has 9 heteroatoms. The van der Waals surface area contributed by atoms with Crippen LogP contribution in [-0.2, 0) is 21.8 Å². The van der Waals surface area contributed by atoms with E-state index in [2.05, 4.69) is 4.72 Å². The van der Waals surface area contributed by atoms with Crippen LogP contribution in [0.5, 0.6) is 0 Å². The first kappa shape index (κ1) is 21.9. The van der Waals surface area contributed by atoms with Gasteiger partial charge in [0.2, 0.25) is 0 Å². The van der Waals surface area contributed by atoms with Gasteiger partial charge in [0.05, 0.1) is 17.7 Å². The molecule has 0 spiro atoms. The van der Waals surface area contributed by atoms with Crippen molar-refractivity contribution in [3.05, 3.63) is 46.8 Å². The fourth-order valence-corrected chi connectivity index (χ4v) is 5.25. The van der Waals surface area contributed by atoms with Crippen LogP contribution in [0.15, 0.2) is 29.2 Å². The van der Waals surface area contributed by atoms with E-state index in [0.717, 1.165) is 12.8 Å². The molecule has 0 unspecified atom stereocenters. The second kappa shape index (κ2) is 8.51. The van der Waals surface area contributed by atoms with E-state index in [-0.39, 0.29) is 23.0 Å². The minimum absolute atomic E-state index is 0.00568. The van der Waals surface area contributed by atoms with Crippen LogP contribution in [0.1, 0.15) is 51.9 Å². The number of nitrogens with one attached hydrogen (secondary N) is 1. The van der Waals surface area contributed by atoms with Crippen LogP contribution >= 0.6 is 0 Å². The van der Waals surface area contributed by atoms with Crippen LogP contribution in [0.3, 0.4) is 0 Å². The summed E-state index contributed by atoms with van der Waals surface area (Å²) in [6.07, 6.45) is 1.84. The summed E-state index contributed by atoms with van der Waals surface area (Å²) in [6.45, 7) is 6.68. The number of hydrogen-bond donors (Lipinski definition) is 1. The number of carbonyl (C=O) groups is 2. The van der Waals surface area contributed by atoms with Crippen molar-refractivity contribution in [1.82, 2.24) is 9.47 Å². The van der Waals surface area contributed by atoms with Gasteiger partial charge < -0.3 is 14.2 Å². The van der Waals surface area contributed by atoms with Crippen molar-refractivity contribution in [1.29, 1.82) is 0 Å². The van der Waals surface area contributed by atoms with Gasteiger partial charge in [-0.2, -0.15) is 0 Å². The Kier molecular flexibility index (Phi) is 6.21. The number of ether oxygens (including phenoxy) is 1. The Bertz CT molecular complexity index is 1070. The summed E-state index contributed by atoms with van der Waals surface area (Å²) in [5.74, 6) is -0.730. The van der Waals surface area contributed by atoms with Crippen LogP contribution < -0.4 is 4.72 Å². The molecule has 1 aliphatic heterocycles. The van der Waals surface area contributed by atoms with Crippen molar-refractivity contribution in [3.8, 4) is 0 Å². The largest absolute Gasteiger partial charge is 0.462 e. The highest BCUT2D eigenvalue weighted by Crippen LogP contribution is 2.30. The van der Waals surface area contributed by atoms with Crippen molar-refractivity contribution in [2.45, 2.75) is 38.5 Å². The van der Waals surface area contributed by atoms with Gasteiger partial charge in [-0.3, -0.25) is 9.52 Å². The molecule has 0 radical (unpaired) electrons. The Morgan fingerprint density at radius 3 is 2.23 bits per heavy atom. The smallest absolute Gasteiger partial charge is 0.338 e. The first-order chi connectivity index (χ1) is 14.2. The quantitative estimate of drug-likeness (QED) is 0.707. The molecule has 30 heavy (non-hydrogen) atoms. The SMILES string of the molecule is CCOC(=O)c1ccc(NS(=O)(=O)c2c(C(=O)N3CCCC3)c(C)n(C)c2C)cc1. The van der Waals surface area contributed by atoms with E-state index in [9.17, 15) is 18.0 Å². The summed E-state index contributed by atoms with van der Waals surface area (Å²) in [6, 6.07) is 5.98. The lowest BCUT2D eigenvalue weighted by Gasteiger charge is -2.17. The van der Waals surface area contributed by atoms with E-state index in [4.69, 9.17) is 4.74 Å². The Morgan fingerprint density at radius 1 is 1.07 bits per heavy atom. The predicted octanol–water partition coefficient (Wildman–Crippen LogP) is 2.86. The zero-order valence-electron chi connectivity index (χ0n) is 17.7. The van der Waals surface area contributed by atoms with E-state index in [1.54, 1.807) is 37.3 Å². The number of hydrogen-bond acceptors (Lipinski definition) is 5. The molecule has 1 fully saturated rings. The fraction of sp³-hybridized carbons (Fsp3) is 0.429. The van der Waals surface area contributed by atoms with Crippen LogP contribution in [0.25, 0.3) is 0 Å². The molecule has 0 atom stereocenters. The number of aromatic nitrogens is 1. The predicted molar refractivity (Wildman–Crippen MR) is 113 cm³/mol. The Hall–Kier alpha value is -2.81. The zero-order valence-corrected chi connectivity index (χ0v) is 18.5. The Balaban J connectivity index is 1.95. The van der Waals surface area contributed by atoms with Gasteiger partial charge in [-0.05, 0) is 57.9 Å². The van der Waals surface area contributed by atoms with Crippen LogP contribution in [-0.4, -0.2) is 49.5 Å². The maximum Gasteiger partial charge on any atom is 0.338 e. The molecular formula is C21H27N3O5S. The molecule has 1 aromatic carbocycles. The molecule has 162 valence electrons. The average molecular weight is 434 g/mol. The third kappa shape index (κ3) is 4.07. The topological polar surface area (TPSA) is 97.7 Å². The molecule has 1 amide bonds. The fourth-order valence-electron chi connectivity index (χ4n) is 3.67. The molecule has 2 heterocycles. The van der Waals surface area contributed by atoms with Gasteiger partial charge in [-0.15, -0.1) is 0 Å². The summed E-state index contributed by atoms with van der Waals surface area (Å²) in [5.41, 5.74) is 1.95. The molecule has 0 bridgehead atoms. The number of benzene rings is 1. The van der Waals surface area contributed by atoms with Gasteiger partial charge in [0.15, 0.2) is 0 Å². The molecule has 0 saturated carbocycles. The summed E-state index contributed by atoms with van der Waals surface area (Å²) < 4.78 is 35.7. The molecule has 0 aliphatic carbocycles. The van der Waals surface area contributed by atoms with Gasteiger partial charge in [0.1, 0.15) is 4.90 Å². The molecule has 8 nitrogen and oxygen atoms in total. The van der Waals surface area contributed by atoms with Gasteiger partial charge >= 0.3 is 5.97 Å². The minimum Gasteiger partial charge on any atom is -0.462 e. The average Bonchev–Trinajstić information content (AvgIpc) is 3.31.